The molecule has 1 aromatic carbocycles. The van der Waals surface area contributed by atoms with E-state index < -0.39 is 29.9 Å². The minimum absolute atomic E-state index is 0.0485. The molecule has 43 heavy (non-hydrogen) atoms. The van der Waals surface area contributed by atoms with E-state index in [1.165, 1.54) is 11.0 Å². The van der Waals surface area contributed by atoms with E-state index in [1.54, 1.807) is 16.6 Å². The summed E-state index contributed by atoms with van der Waals surface area (Å²) in [6, 6.07) is 6.17. The highest BCUT2D eigenvalue weighted by Gasteiger charge is 2.41. The third kappa shape index (κ3) is 7.12. The van der Waals surface area contributed by atoms with Crippen molar-refractivity contribution in [1.29, 1.82) is 0 Å². The zero-order chi connectivity index (χ0) is 30.7. The van der Waals surface area contributed by atoms with Crippen LogP contribution < -0.4 is 11.1 Å². The number of nitrogens with zero attached hydrogens (tertiary/aromatic N) is 6. The molecule has 2 fully saturated rings. The molecular formula is C29H35F3N8O3. The minimum Gasteiger partial charge on any atom is -0.350 e. The first kappa shape index (κ1) is 30.4. The lowest BCUT2D eigenvalue weighted by molar-refractivity contribution is -0.141. The maximum absolute atomic E-state index is 13.5. The number of aromatic nitrogens is 4. The Morgan fingerprint density at radius 3 is 2.63 bits per heavy atom. The molecule has 14 heteroatoms. The van der Waals surface area contributed by atoms with Gasteiger partial charge in [-0.15, -0.1) is 5.10 Å². The number of halogens is 3. The first-order valence-corrected chi connectivity index (χ1v) is 14.4. The maximum atomic E-state index is 13.5. The number of nitrogens with two attached hydrogens (primary N) is 1. The summed E-state index contributed by atoms with van der Waals surface area (Å²) in [7, 11) is 1.78. The lowest BCUT2D eigenvalue weighted by Crippen LogP contribution is -2.51. The van der Waals surface area contributed by atoms with Crippen molar-refractivity contribution in [3.63, 3.8) is 0 Å². The van der Waals surface area contributed by atoms with Crippen molar-refractivity contribution < 1.29 is 27.6 Å². The van der Waals surface area contributed by atoms with Crippen molar-refractivity contribution in [2.24, 2.45) is 18.7 Å². The lowest BCUT2D eigenvalue weighted by atomic mass is 9.96. The Bertz CT molecular complexity index is 1490. The Labute approximate surface area is 246 Å². The molecule has 2 aliphatic heterocycles. The van der Waals surface area contributed by atoms with Gasteiger partial charge in [-0.3, -0.25) is 19.4 Å². The van der Waals surface area contributed by atoms with Crippen LogP contribution in [0.5, 0.6) is 0 Å². The number of fused-ring (bicyclic) bond motifs is 1. The Hall–Kier alpha value is -4.07. The highest BCUT2D eigenvalue weighted by atomic mass is 19.4. The SMILES string of the molecule is Cn1nnc2cc(CNC(=O)C3CC(Cc4ccnc(C(F)(F)F)c4)CN3C(=O)C(N)CCC(=O)N3CCCC3)ccc21. The van der Waals surface area contributed by atoms with Crippen molar-refractivity contribution in [3.05, 3.63) is 53.3 Å². The van der Waals surface area contributed by atoms with Crippen LogP contribution in [0.25, 0.3) is 11.0 Å². The number of likely N-dealkylation sites (tertiary alicyclic amines) is 2. The average molecular weight is 601 g/mol. The fraction of sp³-hybridized carbons (Fsp3) is 0.517. The van der Waals surface area contributed by atoms with Crippen LogP contribution in [0.2, 0.25) is 0 Å². The molecule has 3 N–H and O–H groups in total. The summed E-state index contributed by atoms with van der Waals surface area (Å²) < 4.78 is 41.3. The normalized spacial score (nSPS) is 19.7. The number of hydrogen-bond acceptors (Lipinski definition) is 7. The number of alkyl halides is 3. The van der Waals surface area contributed by atoms with E-state index >= 15 is 0 Å². The average Bonchev–Trinajstić information content (AvgIpc) is 3.75. The van der Waals surface area contributed by atoms with Gasteiger partial charge in [0, 0.05) is 45.8 Å². The summed E-state index contributed by atoms with van der Waals surface area (Å²) in [6.07, 6.45) is -0.807. The second-order valence-corrected chi connectivity index (χ2v) is 11.3. The molecule has 2 saturated heterocycles. The molecule has 3 unspecified atom stereocenters. The minimum atomic E-state index is -4.58. The van der Waals surface area contributed by atoms with E-state index in [9.17, 15) is 27.6 Å². The molecule has 0 radical (unpaired) electrons. The van der Waals surface area contributed by atoms with Crippen molar-refractivity contribution in [3.8, 4) is 0 Å². The van der Waals surface area contributed by atoms with Gasteiger partial charge < -0.3 is 20.9 Å². The van der Waals surface area contributed by atoms with Gasteiger partial charge in [0.05, 0.1) is 11.6 Å². The first-order valence-electron chi connectivity index (χ1n) is 14.4. The molecular weight excluding hydrogens is 565 g/mol. The van der Waals surface area contributed by atoms with E-state index in [0.29, 0.717) is 24.2 Å². The van der Waals surface area contributed by atoms with Gasteiger partial charge >= 0.3 is 6.18 Å². The molecule has 2 aliphatic rings. The summed E-state index contributed by atoms with van der Waals surface area (Å²) in [5.74, 6) is -1.17. The fourth-order valence-electron chi connectivity index (χ4n) is 5.90. The summed E-state index contributed by atoms with van der Waals surface area (Å²) >= 11 is 0. The first-order chi connectivity index (χ1) is 20.5. The molecule has 230 valence electrons. The van der Waals surface area contributed by atoms with Crippen LogP contribution in [0.1, 0.15) is 48.9 Å². The molecule has 0 bridgehead atoms. The monoisotopic (exact) mass is 600 g/mol. The molecule has 3 amide bonds. The van der Waals surface area contributed by atoms with Gasteiger partial charge in [0.2, 0.25) is 17.7 Å². The van der Waals surface area contributed by atoms with Crippen molar-refractivity contribution in [1.82, 2.24) is 35.1 Å². The predicted molar refractivity (Wildman–Crippen MR) is 150 cm³/mol. The van der Waals surface area contributed by atoms with Crippen LogP contribution in [0.15, 0.2) is 36.5 Å². The number of aryl methyl sites for hydroxylation is 1. The van der Waals surface area contributed by atoms with Crippen LogP contribution in [0.4, 0.5) is 13.2 Å². The second-order valence-electron chi connectivity index (χ2n) is 11.3. The van der Waals surface area contributed by atoms with Gasteiger partial charge in [0.25, 0.3) is 0 Å². The number of amides is 3. The number of rotatable bonds is 9. The molecule has 0 saturated carbocycles. The van der Waals surface area contributed by atoms with Gasteiger partial charge in [0.15, 0.2) is 0 Å². The van der Waals surface area contributed by atoms with Crippen LogP contribution >= 0.6 is 0 Å². The zero-order valence-electron chi connectivity index (χ0n) is 23.9. The third-order valence-corrected chi connectivity index (χ3v) is 8.20. The van der Waals surface area contributed by atoms with Crippen LogP contribution in [0.3, 0.4) is 0 Å². The molecule has 4 heterocycles. The summed E-state index contributed by atoms with van der Waals surface area (Å²) in [5, 5.41) is 11.0. The molecule has 0 spiro atoms. The number of hydrogen-bond donors (Lipinski definition) is 2. The van der Waals surface area contributed by atoms with E-state index in [2.05, 4.69) is 20.6 Å². The van der Waals surface area contributed by atoms with Crippen molar-refractivity contribution in [2.45, 2.75) is 63.3 Å². The zero-order valence-corrected chi connectivity index (χ0v) is 23.9. The van der Waals surface area contributed by atoms with Gasteiger partial charge in [-0.2, -0.15) is 13.2 Å². The van der Waals surface area contributed by atoms with Gasteiger partial charge in [-0.1, -0.05) is 11.3 Å². The van der Waals surface area contributed by atoms with Crippen molar-refractivity contribution in [2.75, 3.05) is 19.6 Å². The topological polar surface area (TPSA) is 139 Å². The van der Waals surface area contributed by atoms with Crippen LogP contribution in [-0.2, 0) is 40.6 Å². The summed E-state index contributed by atoms with van der Waals surface area (Å²) in [5.41, 5.74) is 7.99. The van der Waals surface area contributed by atoms with E-state index in [4.69, 9.17) is 5.73 Å². The Morgan fingerprint density at radius 2 is 1.88 bits per heavy atom. The summed E-state index contributed by atoms with van der Waals surface area (Å²) in [6.45, 7) is 1.74. The van der Waals surface area contributed by atoms with E-state index in [-0.39, 0.29) is 56.5 Å². The molecule has 3 atom stereocenters. The second kappa shape index (κ2) is 12.7. The molecule has 5 rings (SSSR count). The standard InChI is InChI=1S/C29H35F3N8O3/c1-38-23-6-4-19(13-22(23)36-37-38)16-35-27(42)24-14-20(12-18-8-9-34-25(15-18)29(30,31)32)17-40(24)28(43)21(33)5-7-26(41)39-10-2-3-11-39/h4,6,8-9,13,15,20-21,24H,2-3,5,7,10-12,14,16-17,33H2,1H3,(H,35,42). The lowest BCUT2D eigenvalue weighted by Gasteiger charge is -2.27. The highest BCUT2D eigenvalue weighted by Crippen LogP contribution is 2.31. The molecule has 2 aromatic heterocycles. The molecule has 3 aromatic rings. The quantitative estimate of drug-likeness (QED) is 0.384. The largest absolute Gasteiger partial charge is 0.433 e. The Kier molecular flexibility index (Phi) is 8.95. The number of benzene rings is 1. The summed E-state index contributed by atoms with van der Waals surface area (Å²) in [4.78, 5) is 46.1. The van der Waals surface area contributed by atoms with E-state index in [1.807, 2.05) is 18.2 Å². The Balaban J connectivity index is 1.27. The van der Waals surface area contributed by atoms with Gasteiger partial charge in [0.1, 0.15) is 17.3 Å². The maximum Gasteiger partial charge on any atom is 0.433 e. The molecule has 11 nitrogen and oxygen atoms in total. The fourth-order valence-corrected chi connectivity index (χ4v) is 5.90. The van der Waals surface area contributed by atoms with Crippen LogP contribution in [-0.4, -0.2) is 79.2 Å². The van der Waals surface area contributed by atoms with Gasteiger partial charge in [-0.25, -0.2) is 4.68 Å². The predicted octanol–water partition coefficient (Wildman–Crippen LogP) is 2.19. The number of carbonyl (C=O) groups is 3. The van der Waals surface area contributed by atoms with E-state index in [0.717, 1.165) is 36.2 Å². The smallest absolute Gasteiger partial charge is 0.350 e. The highest BCUT2D eigenvalue weighted by molar-refractivity contribution is 5.91. The van der Waals surface area contributed by atoms with Crippen LogP contribution in [0, 0.1) is 5.92 Å². The van der Waals surface area contributed by atoms with Gasteiger partial charge in [-0.05, 0) is 73.4 Å². The van der Waals surface area contributed by atoms with Crippen molar-refractivity contribution >= 4 is 28.8 Å². The Morgan fingerprint density at radius 1 is 1.12 bits per heavy atom. The molecule has 0 aliphatic carbocycles. The third-order valence-electron chi connectivity index (χ3n) is 8.20. The number of nitrogens with one attached hydrogen (secondary N) is 1. The number of carbonyl (C=O) groups excluding carboxylic acids is 3. The number of pyridine rings is 1.